The molecule has 2 aromatic rings. The van der Waals surface area contributed by atoms with E-state index in [0.29, 0.717) is 26.1 Å². The van der Waals surface area contributed by atoms with Gasteiger partial charge >= 0.3 is 6.18 Å². The van der Waals surface area contributed by atoms with Crippen LogP contribution in [0.5, 0.6) is 0 Å². The molecule has 8 heteroatoms. The highest BCUT2D eigenvalue weighted by atomic mass is 79.9. The van der Waals surface area contributed by atoms with Crippen LogP contribution in [0.15, 0.2) is 28.9 Å². The molecule has 0 radical (unpaired) electrons. The van der Waals surface area contributed by atoms with E-state index in [1.165, 1.54) is 0 Å². The third kappa shape index (κ3) is 3.93. The number of carbonyl (C=O) groups is 1. The van der Waals surface area contributed by atoms with Gasteiger partial charge in [-0.3, -0.25) is 4.79 Å². The zero-order valence-corrected chi connectivity index (χ0v) is 19.6. The Kier molecular flexibility index (Phi) is 5.75. The average Bonchev–Trinajstić information content (AvgIpc) is 3.04. The lowest BCUT2D eigenvalue weighted by molar-refractivity contribution is -0.929. The maximum absolute atomic E-state index is 13.3. The van der Waals surface area contributed by atoms with Crippen LogP contribution in [-0.4, -0.2) is 65.7 Å². The van der Waals surface area contributed by atoms with E-state index in [2.05, 4.69) is 20.9 Å². The summed E-state index contributed by atoms with van der Waals surface area (Å²) in [6.07, 6.45) is -2.40. The summed E-state index contributed by atoms with van der Waals surface area (Å²) in [4.78, 5) is 18.4. The Hall–Kier alpha value is -1.80. The third-order valence-electron chi connectivity index (χ3n) is 6.99. The minimum absolute atomic E-state index is 0.000491. The molecule has 0 fully saturated rings. The van der Waals surface area contributed by atoms with Crippen LogP contribution in [0.3, 0.4) is 0 Å². The van der Waals surface area contributed by atoms with E-state index in [1.807, 2.05) is 45.2 Å². The molecule has 1 aromatic carbocycles. The number of aromatic amines is 1. The van der Waals surface area contributed by atoms with Crippen molar-refractivity contribution in [3.05, 3.63) is 40.0 Å². The highest BCUT2D eigenvalue weighted by Gasteiger charge is 2.48. The van der Waals surface area contributed by atoms with Crippen molar-refractivity contribution in [1.82, 2.24) is 9.88 Å². The number of rotatable bonds is 5. The first-order valence-corrected chi connectivity index (χ1v) is 11.6. The number of hydrogen-bond acceptors (Lipinski definition) is 1. The Labute approximate surface area is 188 Å². The molecule has 4 rings (SSSR count). The fourth-order valence-electron chi connectivity index (χ4n) is 5.35. The van der Waals surface area contributed by atoms with Crippen molar-refractivity contribution in [2.75, 3.05) is 33.2 Å². The number of fused-ring (bicyclic) bond motifs is 2. The van der Waals surface area contributed by atoms with Crippen LogP contribution in [0.25, 0.3) is 16.5 Å². The van der Waals surface area contributed by atoms with Gasteiger partial charge in [-0.05, 0) is 47.0 Å². The van der Waals surface area contributed by atoms with E-state index < -0.39 is 18.5 Å². The molecule has 1 amide bonds. The number of nitrogens with zero attached hydrogens (tertiary/aromatic N) is 2. The van der Waals surface area contributed by atoms with Crippen LogP contribution in [-0.2, 0) is 11.2 Å². The molecule has 1 aliphatic carbocycles. The van der Waals surface area contributed by atoms with E-state index in [-0.39, 0.29) is 23.0 Å². The Morgan fingerprint density at radius 2 is 2.00 bits per heavy atom. The van der Waals surface area contributed by atoms with Gasteiger partial charge in [-0.25, -0.2) is 0 Å². The molecule has 2 heterocycles. The van der Waals surface area contributed by atoms with Crippen LogP contribution in [0.4, 0.5) is 13.2 Å². The number of likely N-dealkylation sites (N-methyl/N-ethyl adjacent to an activating group) is 1. The van der Waals surface area contributed by atoms with E-state index in [9.17, 15) is 18.0 Å². The van der Waals surface area contributed by atoms with Gasteiger partial charge in [0, 0.05) is 36.0 Å². The lowest BCUT2D eigenvalue weighted by Crippen LogP contribution is -2.61. The molecular formula is C23H28BrF3N3O+. The number of amides is 1. The number of quaternary nitrogens is 1. The second-order valence-corrected chi connectivity index (χ2v) is 9.65. The number of halogens is 4. The lowest BCUT2D eigenvalue weighted by Gasteiger charge is -2.49. The fourth-order valence-corrected chi connectivity index (χ4v) is 5.93. The van der Waals surface area contributed by atoms with Gasteiger partial charge in [0.05, 0.1) is 31.2 Å². The quantitative estimate of drug-likeness (QED) is 0.569. The number of aromatic nitrogens is 1. The molecule has 2 aliphatic rings. The van der Waals surface area contributed by atoms with Gasteiger partial charge in [0.2, 0.25) is 5.91 Å². The summed E-state index contributed by atoms with van der Waals surface area (Å²) < 4.78 is 40.8. The molecule has 168 valence electrons. The van der Waals surface area contributed by atoms with Gasteiger partial charge in [0.15, 0.2) is 0 Å². The highest BCUT2D eigenvalue weighted by Crippen LogP contribution is 2.46. The van der Waals surface area contributed by atoms with Crippen molar-refractivity contribution in [2.24, 2.45) is 5.92 Å². The Morgan fingerprint density at radius 3 is 2.65 bits per heavy atom. The maximum atomic E-state index is 13.3. The third-order valence-corrected chi connectivity index (χ3v) is 7.67. The van der Waals surface area contributed by atoms with Gasteiger partial charge < -0.3 is 14.4 Å². The minimum atomic E-state index is -4.23. The predicted molar refractivity (Wildman–Crippen MR) is 119 cm³/mol. The van der Waals surface area contributed by atoms with Crippen LogP contribution < -0.4 is 0 Å². The summed E-state index contributed by atoms with van der Waals surface area (Å²) in [5, 5.41) is 1.11. The minimum Gasteiger partial charge on any atom is -0.349 e. The van der Waals surface area contributed by atoms with Crippen molar-refractivity contribution >= 4 is 38.3 Å². The molecule has 0 bridgehead atoms. The van der Waals surface area contributed by atoms with E-state index >= 15 is 0 Å². The molecule has 0 saturated carbocycles. The molecule has 1 aliphatic heterocycles. The Bertz CT molecular complexity index is 1040. The summed E-state index contributed by atoms with van der Waals surface area (Å²) in [6, 6.07) is 5.88. The van der Waals surface area contributed by atoms with Crippen molar-refractivity contribution in [3.8, 4) is 0 Å². The average molecular weight is 499 g/mol. The summed E-state index contributed by atoms with van der Waals surface area (Å²) in [5.41, 5.74) is 4.14. The highest BCUT2D eigenvalue weighted by molar-refractivity contribution is 9.10. The zero-order chi connectivity index (χ0) is 22.6. The number of benzene rings is 1. The van der Waals surface area contributed by atoms with Crippen molar-refractivity contribution in [3.63, 3.8) is 0 Å². The van der Waals surface area contributed by atoms with Gasteiger partial charge in [-0.2, -0.15) is 13.2 Å². The Morgan fingerprint density at radius 1 is 1.29 bits per heavy atom. The first-order valence-electron chi connectivity index (χ1n) is 10.8. The molecule has 1 N–H and O–H groups in total. The standard InChI is InChI=1S/C23H28BrF3N3O/c1-4-29(5-2)22(31)14-11-16-15-7-6-8-18-20(15)17(21(24)28-18)12-19(16)30(3,13-14)10-9-23(25,26)27/h6-8,11,14,19,28H,4-5,9-10,12-13H2,1-3H3/q+1/t14-,19-,30?/m1/s1. The first kappa shape index (κ1) is 22.4. The van der Waals surface area contributed by atoms with E-state index in [0.717, 1.165) is 32.2 Å². The van der Waals surface area contributed by atoms with Gasteiger partial charge in [0.25, 0.3) is 0 Å². The molecule has 4 nitrogen and oxygen atoms in total. The van der Waals surface area contributed by atoms with E-state index in [4.69, 9.17) is 0 Å². The van der Waals surface area contributed by atoms with Gasteiger partial charge in [-0.1, -0.05) is 18.2 Å². The van der Waals surface area contributed by atoms with Gasteiger partial charge in [0.1, 0.15) is 12.0 Å². The Balaban J connectivity index is 1.84. The lowest BCUT2D eigenvalue weighted by atomic mass is 9.78. The first-order chi connectivity index (χ1) is 14.6. The summed E-state index contributed by atoms with van der Waals surface area (Å²) in [7, 11) is 1.89. The van der Waals surface area contributed by atoms with E-state index in [1.54, 1.807) is 4.90 Å². The second kappa shape index (κ2) is 7.96. The molecule has 31 heavy (non-hydrogen) atoms. The molecule has 0 spiro atoms. The number of carbonyl (C=O) groups excluding carboxylic acids is 1. The topological polar surface area (TPSA) is 36.1 Å². The smallest absolute Gasteiger partial charge is 0.349 e. The fraction of sp³-hybridized carbons (Fsp3) is 0.522. The second-order valence-electron chi connectivity index (χ2n) is 8.86. The molecule has 3 atom stereocenters. The van der Waals surface area contributed by atoms with Crippen LogP contribution >= 0.6 is 15.9 Å². The van der Waals surface area contributed by atoms with Crippen LogP contribution in [0.2, 0.25) is 0 Å². The maximum Gasteiger partial charge on any atom is 0.394 e. The number of alkyl halides is 3. The van der Waals surface area contributed by atoms with Crippen molar-refractivity contribution in [2.45, 2.75) is 38.9 Å². The molecule has 1 unspecified atom stereocenters. The monoisotopic (exact) mass is 498 g/mol. The SMILES string of the molecule is CCN(CC)C(=O)[C@@H]1C=C2c3cccc4[nH]c(Br)c(c34)C[C@H]2[N+](C)(CCC(F)(F)F)C1. The summed E-state index contributed by atoms with van der Waals surface area (Å²) >= 11 is 3.61. The summed E-state index contributed by atoms with van der Waals surface area (Å²) in [5.74, 6) is -0.427. The molecule has 0 saturated heterocycles. The van der Waals surface area contributed by atoms with Crippen molar-refractivity contribution in [1.29, 1.82) is 0 Å². The van der Waals surface area contributed by atoms with Gasteiger partial charge in [-0.15, -0.1) is 0 Å². The molecule has 1 aromatic heterocycles. The van der Waals surface area contributed by atoms with Crippen LogP contribution in [0.1, 0.15) is 31.4 Å². The largest absolute Gasteiger partial charge is 0.394 e. The predicted octanol–water partition coefficient (Wildman–Crippen LogP) is 5.14. The number of hydrogen-bond donors (Lipinski definition) is 1. The van der Waals surface area contributed by atoms with Crippen LogP contribution in [0, 0.1) is 5.92 Å². The molecular weight excluding hydrogens is 471 g/mol. The number of nitrogens with one attached hydrogen (secondary N) is 1. The zero-order valence-electron chi connectivity index (χ0n) is 18.0. The van der Waals surface area contributed by atoms with Crippen molar-refractivity contribution < 1.29 is 22.4 Å². The normalized spacial score (nSPS) is 25.3. The summed E-state index contributed by atoms with van der Waals surface area (Å²) in [6.45, 7) is 5.39. The number of H-pyrrole nitrogens is 1.